The van der Waals surface area contributed by atoms with Crippen molar-refractivity contribution in [2.75, 3.05) is 19.5 Å². The van der Waals surface area contributed by atoms with Crippen molar-refractivity contribution in [3.8, 4) is 6.07 Å². The largest absolute Gasteiger partial charge is 0.396 e. The lowest BCUT2D eigenvalue weighted by atomic mass is 9.77. The first kappa shape index (κ1) is 17.1. The van der Waals surface area contributed by atoms with Crippen LogP contribution in [0.2, 0.25) is 0 Å². The molecule has 0 unspecified atom stereocenters. The highest BCUT2D eigenvalue weighted by molar-refractivity contribution is 5.66. The molecule has 0 aliphatic carbocycles. The van der Waals surface area contributed by atoms with Gasteiger partial charge in [-0.25, -0.2) is 9.50 Å². The second-order valence-electron chi connectivity index (χ2n) is 5.33. The van der Waals surface area contributed by atoms with E-state index in [1.54, 1.807) is 6.07 Å². The Bertz CT molecular complexity index is 738. The Morgan fingerprint density at radius 3 is 2.78 bits per heavy atom. The van der Waals surface area contributed by atoms with Crippen LogP contribution in [0.15, 0.2) is 18.5 Å². The van der Waals surface area contributed by atoms with Gasteiger partial charge in [0.25, 0.3) is 0 Å². The Morgan fingerprint density at radius 1 is 1.52 bits per heavy atom. The number of nitrogens with zero attached hydrogens (tertiary/aromatic N) is 4. The summed E-state index contributed by atoms with van der Waals surface area (Å²) >= 11 is 0. The molecule has 0 bridgehead atoms. The third-order valence-corrected chi connectivity index (χ3v) is 4.07. The Labute approximate surface area is 132 Å². The molecule has 0 spiro atoms. The number of aliphatic hydroxyl groups excluding tert-OH is 2. The van der Waals surface area contributed by atoms with E-state index in [-0.39, 0.29) is 24.5 Å². The molecule has 2 aromatic rings. The van der Waals surface area contributed by atoms with Crippen LogP contribution in [0.4, 0.5) is 5.82 Å². The fraction of sp³-hybridized carbons (Fsp3) is 0.500. The van der Waals surface area contributed by atoms with Crippen LogP contribution in [-0.2, 0) is 10.3 Å². The molecular weight excluding hydrogens is 302 g/mol. The maximum atomic E-state index is 10.8. The van der Waals surface area contributed by atoms with Gasteiger partial charge in [0.1, 0.15) is 23.5 Å². The Kier molecular flexibility index (Phi) is 4.53. The van der Waals surface area contributed by atoms with Gasteiger partial charge in [0, 0.05) is 13.7 Å². The molecule has 2 heterocycles. The molecule has 0 radical (unpaired) electrons. The molecule has 124 valence electrons. The normalized spacial score (nSPS) is 18.1. The molecule has 3 atom stereocenters. The minimum absolute atomic E-state index is 0.125. The van der Waals surface area contributed by atoms with Crippen LogP contribution in [-0.4, -0.2) is 55.3 Å². The first-order valence-electron chi connectivity index (χ1n) is 6.92. The van der Waals surface area contributed by atoms with Gasteiger partial charge in [-0.2, -0.15) is 10.4 Å². The third-order valence-electron chi connectivity index (χ3n) is 4.07. The molecule has 0 amide bonds. The summed E-state index contributed by atoms with van der Waals surface area (Å²) < 4.78 is 6.67. The molecule has 0 saturated heterocycles. The van der Waals surface area contributed by atoms with Crippen LogP contribution in [0.25, 0.3) is 5.52 Å². The Hall–Kier alpha value is -2.25. The van der Waals surface area contributed by atoms with E-state index < -0.39 is 17.3 Å². The molecule has 0 aliphatic rings. The van der Waals surface area contributed by atoms with Gasteiger partial charge >= 0.3 is 0 Å². The van der Waals surface area contributed by atoms with Crippen LogP contribution in [0.5, 0.6) is 0 Å². The predicted molar refractivity (Wildman–Crippen MR) is 80.0 cm³/mol. The van der Waals surface area contributed by atoms with Gasteiger partial charge in [-0.05, 0) is 25.5 Å². The van der Waals surface area contributed by atoms with Gasteiger partial charge in [-0.1, -0.05) is 0 Å². The lowest BCUT2D eigenvalue weighted by Crippen LogP contribution is -2.58. The molecule has 0 fully saturated rings. The molecule has 0 aromatic carbocycles. The quantitative estimate of drug-likeness (QED) is 0.538. The van der Waals surface area contributed by atoms with E-state index in [9.17, 15) is 15.5 Å². The van der Waals surface area contributed by atoms with Gasteiger partial charge in [-0.3, -0.25) is 0 Å². The van der Waals surface area contributed by atoms with E-state index in [0.29, 0.717) is 5.52 Å². The van der Waals surface area contributed by atoms with Gasteiger partial charge in [-0.15, -0.1) is 0 Å². The fourth-order valence-corrected chi connectivity index (χ4v) is 2.64. The number of anilines is 1. The average molecular weight is 321 g/mol. The highest BCUT2D eigenvalue weighted by Crippen LogP contribution is 2.39. The van der Waals surface area contributed by atoms with E-state index >= 15 is 0 Å². The van der Waals surface area contributed by atoms with E-state index in [1.807, 2.05) is 6.07 Å². The van der Waals surface area contributed by atoms with Crippen molar-refractivity contribution in [1.29, 1.82) is 5.26 Å². The lowest BCUT2D eigenvalue weighted by Gasteiger charge is -2.41. The maximum absolute atomic E-state index is 10.8. The van der Waals surface area contributed by atoms with E-state index in [2.05, 4.69) is 10.1 Å². The number of aromatic nitrogens is 3. The molecule has 2 rings (SSSR count). The molecule has 0 saturated carbocycles. The summed E-state index contributed by atoms with van der Waals surface area (Å²) in [6, 6.07) is 5.03. The number of hydrogen-bond donors (Lipinski definition) is 4. The first-order valence-corrected chi connectivity index (χ1v) is 6.92. The summed E-state index contributed by atoms with van der Waals surface area (Å²) in [7, 11) is 1.24. The monoisotopic (exact) mass is 321 g/mol. The number of nitriles is 1. The Morgan fingerprint density at radius 2 is 2.22 bits per heavy atom. The summed E-state index contributed by atoms with van der Waals surface area (Å²) in [6.45, 7) is 0.913. The number of fused-ring (bicyclic) bond motifs is 1. The summed E-state index contributed by atoms with van der Waals surface area (Å²) in [6.07, 6.45) is -0.320. The first-order chi connectivity index (χ1) is 10.9. The molecule has 2 aromatic heterocycles. The summed E-state index contributed by atoms with van der Waals surface area (Å²) in [5, 5.41) is 43.8. The summed E-state index contributed by atoms with van der Waals surface area (Å²) in [5.41, 5.74) is 2.44. The number of nitrogens with two attached hydrogens (primary N) is 1. The van der Waals surface area contributed by atoms with Crippen LogP contribution in [0.3, 0.4) is 0 Å². The minimum Gasteiger partial charge on any atom is -0.396 e. The van der Waals surface area contributed by atoms with Crippen molar-refractivity contribution in [2.24, 2.45) is 0 Å². The lowest BCUT2D eigenvalue weighted by molar-refractivity contribution is -0.190. The zero-order chi connectivity index (χ0) is 17.3. The van der Waals surface area contributed by atoms with Crippen molar-refractivity contribution in [1.82, 2.24) is 14.6 Å². The standard InChI is InChI=1S/C14H19N5O4/c1-13(22,11(21)5-6-20)14(7-15,23-2)10-4-3-9-12(16)17-8-18-19(9)10/h3-4,8,11,20-22H,5-6H2,1-2H3,(H2,16,17,18)/t11-,13-,14+/m1/s1. The van der Waals surface area contributed by atoms with Crippen LogP contribution < -0.4 is 5.73 Å². The van der Waals surface area contributed by atoms with Crippen molar-refractivity contribution < 1.29 is 20.1 Å². The zero-order valence-electron chi connectivity index (χ0n) is 12.8. The predicted octanol–water partition coefficient (Wildman–Crippen LogP) is -0.829. The average Bonchev–Trinajstić information content (AvgIpc) is 2.95. The van der Waals surface area contributed by atoms with Gasteiger partial charge in [0.05, 0.1) is 11.8 Å². The van der Waals surface area contributed by atoms with Crippen molar-refractivity contribution in [3.05, 3.63) is 24.2 Å². The molecule has 0 aliphatic heterocycles. The van der Waals surface area contributed by atoms with Crippen LogP contribution >= 0.6 is 0 Å². The van der Waals surface area contributed by atoms with Gasteiger partial charge in [0.15, 0.2) is 5.82 Å². The Balaban J connectivity index is 2.70. The third kappa shape index (κ3) is 2.42. The zero-order valence-corrected chi connectivity index (χ0v) is 12.8. The highest BCUT2D eigenvalue weighted by Gasteiger charge is 2.55. The van der Waals surface area contributed by atoms with E-state index in [1.165, 1.54) is 30.9 Å². The molecule has 23 heavy (non-hydrogen) atoms. The van der Waals surface area contributed by atoms with Gasteiger partial charge < -0.3 is 25.8 Å². The van der Waals surface area contributed by atoms with Crippen molar-refractivity contribution >= 4 is 11.3 Å². The summed E-state index contributed by atoms with van der Waals surface area (Å²) in [5.74, 6) is 0.199. The number of rotatable bonds is 6. The van der Waals surface area contributed by atoms with Crippen LogP contribution in [0, 0.1) is 11.3 Å². The number of hydrogen-bond acceptors (Lipinski definition) is 8. The van der Waals surface area contributed by atoms with Gasteiger partial charge in [0.2, 0.25) is 5.60 Å². The number of aliphatic hydroxyl groups is 3. The number of nitrogen functional groups attached to an aromatic ring is 1. The second kappa shape index (κ2) is 6.10. The molecule has 5 N–H and O–H groups in total. The molecular formula is C14H19N5O4. The van der Waals surface area contributed by atoms with Crippen LogP contribution in [0.1, 0.15) is 19.0 Å². The number of ether oxygens (including phenoxy) is 1. The smallest absolute Gasteiger partial charge is 0.227 e. The second-order valence-corrected chi connectivity index (χ2v) is 5.33. The molecule has 9 heteroatoms. The highest BCUT2D eigenvalue weighted by atomic mass is 16.5. The van der Waals surface area contributed by atoms with Crippen molar-refractivity contribution in [2.45, 2.75) is 30.7 Å². The maximum Gasteiger partial charge on any atom is 0.227 e. The van der Waals surface area contributed by atoms with Crippen molar-refractivity contribution in [3.63, 3.8) is 0 Å². The van der Waals surface area contributed by atoms with E-state index in [0.717, 1.165) is 0 Å². The summed E-state index contributed by atoms with van der Waals surface area (Å²) in [4.78, 5) is 3.86. The number of methoxy groups -OCH3 is 1. The SMILES string of the molecule is CO[C@@](C#N)(c1ccc2c(N)ncnn12)[C@](C)(O)[C@H](O)CCO. The fourth-order valence-electron chi connectivity index (χ4n) is 2.64. The minimum atomic E-state index is -2.02. The van der Waals surface area contributed by atoms with E-state index in [4.69, 9.17) is 15.6 Å². The molecule has 9 nitrogen and oxygen atoms in total. The topological polar surface area (TPSA) is 150 Å².